The van der Waals surface area contributed by atoms with E-state index in [2.05, 4.69) is 0 Å². The SMILES string of the molecule is COc1ccc(C(=O)O)cc1O.COc1ccc(C(C)=O)cc1OCc1ccccc1.O.[Li+].[OH-]. The number of ketones is 1. The fourth-order valence-corrected chi connectivity index (χ4v) is 2.57. The van der Waals surface area contributed by atoms with Crippen LogP contribution >= 0.6 is 0 Å². The van der Waals surface area contributed by atoms with Crippen LogP contribution in [0.4, 0.5) is 0 Å². The average Bonchev–Trinajstić information content (AvgIpc) is 2.78. The van der Waals surface area contributed by atoms with Crippen molar-refractivity contribution in [3.63, 3.8) is 0 Å². The Kier molecular flexibility index (Phi) is 15.6. The van der Waals surface area contributed by atoms with E-state index in [-0.39, 0.29) is 52.7 Å². The third-order valence-corrected chi connectivity index (χ3v) is 4.23. The van der Waals surface area contributed by atoms with Crippen LogP contribution in [0.3, 0.4) is 0 Å². The van der Waals surface area contributed by atoms with Gasteiger partial charge in [-0.05, 0) is 48.9 Å². The van der Waals surface area contributed by atoms with Gasteiger partial charge in [-0.3, -0.25) is 4.79 Å². The first-order valence-electron chi connectivity index (χ1n) is 9.31. The fraction of sp³-hybridized carbons (Fsp3) is 0.167. The molecule has 0 aliphatic rings. The van der Waals surface area contributed by atoms with E-state index in [1.165, 1.54) is 26.2 Å². The van der Waals surface area contributed by atoms with Crippen molar-refractivity contribution < 1.29 is 63.8 Å². The molecule has 10 heteroatoms. The van der Waals surface area contributed by atoms with E-state index in [1.54, 1.807) is 25.3 Å². The van der Waals surface area contributed by atoms with Crippen LogP contribution in [-0.2, 0) is 6.61 Å². The first-order valence-corrected chi connectivity index (χ1v) is 9.31. The summed E-state index contributed by atoms with van der Waals surface area (Å²) >= 11 is 0. The molecule has 0 aromatic heterocycles. The molecule has 0 aliphatic heterocycles. The molecule has 0 unspecified atom stereocenters. The number of aromatic carboxylic acids is 1. The van der Waals surface area contributed by atoms with E-state index in [0.717, 1.165) is 11.6 Å². The topological polar surface area (TPSA) is 164 Å². The molecule has 0 radical (unpaired) electrons. The van der Waals surface area contributed by atoms with Crippen molar-refractivity contribution in [2.24, 2.45) is 0 Å². The number of benzene rings is 3. The van der Waals surface area contributed by atoms with Crippen molar-refractivity contribution in [1.82, 2.24) is 0 Å². The molecule has 0 heterocycles. The number of carboxylic acid groups (broad SMARTS) is 1. The average molecular weight is 466 g/mol. The molecule has 0 bridgehead atoms. The van der Waals surface area contributed by atoms with Crippen LogP contribution in [0.15, 0.2) is 66.7 Å². The Morgan fingerprint density at radius 2 is 1.38 bits per heavy atom. The number of hydrogen-bond donors (Lipinski definition) is 2. The number of phenolic OH excluding ortho intramolecular Hbond substituents is 1. The Morgan fingerprint density at radius 3 is 1.88 bits per heavy atom. The number of ether oxygens (including phenoxy) is 3. The third kappa shape index (κ3) is 9.56. The van der Waals surface area contributed by atoms with Crippen LogP contribution in [0.5, 0.6) is 23.0 Å². The molecule has 3 rings (SSSR count). The number of rotatable bonds is 7. The minimum atomic E-state index is -1.08. The number of carboxylic acids is 1. The predicted molar refractivity (Wildman–Crippen MR) is 121 cm³/mol. The summed E-state index contributed by atoms with van der Waals surface area (Å²) in [6.07, 6.45) is 0. The summed E-state index contributed by atoms with van der Waals surface area (Å²) in [5.41, 5.74) is 1.72. The first kappa shape index (κ1) is 32.7. The van der Waals surface area contributed by atoms with Gasteiger partial charge in [0, 0.05) is 5.56 Å². The quantitative estimate of drug-likeness (QED) is 0.377. The molecular formula is C24H27LiO9. The van der Waals surface area contributed by atoms with Crippen molar-refractivity contribution >= 4 is 11.8 Å². The molecule has 0 saturated carbocycles. The van der Waals surface area contributed by atoms with Crippen LogP contribution in [0, 0.1) is 0 Å². The van der Waals surface area contributed by atoms with Gasteiger partial charge >= 0.3 is 24.8 Å². The van der Waals surface area contributed by atoms with Gasteiger partial charge in [-0.25, -0.2) is 4.79 Å². The van der Waals surface area contributed by atoms with Crippen LogP contribution in [0.25, 0.3) is 0 Å². The summed E-state index contributed by atoms with van der Waals surface area (Å²) in [6, 6.07) is 18.9. The van der Waals surface area contributed by atoms with Crippen LogP contribution < -0.4 is 33.1 Å². The molecule has 0 spiro atoms. The maximum Gasteiger partial charge on any atom is 1.00 e. The van der Waals surface area contributed by atoms with Crippen molar-refractivity contribution in [1.29, 1.82) is 0 Å². The number of Topliss-reactive ketones (excluding diaryl/α,β-unsaturated/α-hetero) is 1. The van der Waals surface area contributed by atoms with Crippen molar-refractivity contribution in [3.05, 3.63) is 83.4 Å². The zero-order valence-electron chi connectivity index (χ0n) is 19.4. The van der Waals surface area contributed by atoms with Gasteiger partial charge in [0.05, 0.1) is 19.8 Å². The Balaban J connectivity index is 0. The predicted octanol–water partition coefficient (Wildman–Crippen LogP) is 0.578. The second kappa shape index (κ2) is 16.2. The maximum atomic E-state index is 11.4. The molecule has 3 aromatic carbocycles. The van der Waals surface area contributed by atoms with E-state index in [9.17, 15) is 9.59 Å². The third-order valence-electron chi connectivity index (χ3n) is 4.23. The molecular weight excluding hydrogens is 439 g/mol. The van der Waals surface area contributed by atoms with E-state index < -0.39 is 5.97 Å². The van der Waals surface area contributed by atoms with Crippen molar-refractivity contribution in [2.75, 3.05) is 14.2 Å². The first-order chi connectivity index (χ1) is 14.8. The molecule has 0 saturated heterocycles. The van der Waals surface area contributed by atoms with Crippen molar-refractivity contribution in [2.45, 2.75) is 13.5 Å². The minimum Gasteiger partial charge on any atom is -0.870 e. The smallest absolute Gasteiger partial charge is 0.870 e. The summed E-state index contributed by atoms with van der Waals surface area (Å²) in [5.74, 6) is 0.234. The number of carbonyl (C=O) groups excluding carboxylic acids is 1. The molecule has 0 amide bonds. The molecule has 9 nitrogen and oxygen atoms in total. The zero-order chi connectivity index (χ0) is 22.8. The summed E-state index contributed by atoms with van der Waals surface area (Å²) in [6.45, 7) is 1.97. The number of aromatic hydroxyl groups is 1. The van der Waals surface area contributed by atoms with Gasteiger partial charge in [0.15, 0.2) is 28.8 Å². The van der Waals surface area contributed by atoms with E-state index in [4.69, 9.17) is 24.4 Å². The Morgan fingerprint density at radius 1 is 0.824 bits per heavy atom. The Labute approximate surface area is 209 Å². The second-order valence-electron chi connectivity index (χ2n) is 6.39. The summed E-state index contributed by atoms with van der Waals surface area (Å²) in [7, 11) is 2.98. The van der Waals surface area contributed by atoms with Crippen LogP contribution in [-0.4, -0.2) is 47.1 Å². The molecule has 0 aliphatic carbocycles. The Bertz CT molecular complexity index is 1040. The van der Waals surface area contributed by atoms with Gasteiger partial charge in [0.2, 0.25) is 0 Å². The standard InChI is InChI=1S/C16H16O3.C8H8O4.Li.2H2O/c1-12(17)14-8-9-15(18-2)16(10-14)19-11-13-6-4-3-5-7-13;1-12-7-3-2-5(8(10)11)4-6(7)9;;;/h3-10H,11H2,1-2H3;2-4,9H,1H3,(H,10,11);;2*1H2/q;;+1;;/p-1. The van der Waals surface area contributed by atoms with E-state index in [0.29, 0.717) is 23.7 Å². The summed E-state index contributed by atoms with van der Waals surface area (Å²) < 4.78 is 15.7. The molecule has 34 heavy (non-hydrogen) atoms. The van der Waals surface area contributed by atoms with Gasteiger partial charge in [-0.2, -0.15) is 0 Å². The number of hydrogen-bond acceptors (Lipinski definition) is 7. The van der Waals surface area contributed by atoms with Gasteiger partial charge < -0.3 is 35.4 Å². The Hall–Kier alpha value is -3.48. The zero-order valence-corrected chi connectivity index (χ0v) is 19.4. The van der Waals surface area contributed by atoms with Crippen LogP contribution in [0.2, 0.25) is 0 Å². The van der Waals surface area contributed by atoms with Gasteiger partial charge in [0.25, 0.3) is 0 Å². The number of carbonyl (C=O) groups is 2. The minimum absolute atomic E-state index is 0. The number of phenols is 1. The molecule has 3 aromatic rings. The molecule has 0 fully saturated rings. The summed E-state index contributed by atoms with van der Waals surface area (Å²) in [5, 5.41) is 17.7. The molecule has 178 valence electrons. The fourth-order valence-electron chi connectivity index (χ4n) is 2.57. The normalized spacial score (nSPS) is 8.91. The largest absolute Gasteiger partial charge is 1.00 e. The van der Waals surface area contributed by atoms with Gasteiger partial charge in [0.1, 0.15) is 6.61 Å². The number of methoxy groups -OCH3 is 2. The van der Waals surface area contributed by atoms with Gasteiger partial charge in [-0.15, -0.1) is 0 Å². The van der Waals surface area contributed by atoms with Crippen molar-refractivity contribution in [3.8, 4) is 23.0 Å². The van der Waals surface area contributed by atoms with Crippen LogP contribution in [0.1, 0.15) is 33.2 Å². The molecule has 5 N–H and O–H groups in total. The maximum absolute atomic E-state index is 11.4. The monoisotopic (exact) mass is 466 g/mol. The summed E-state index contributed by atoms with van der Waals surface area (Å²) in [4.78, 5) is 21.8. The van der Waals surface area contributed by atoms with Gasteiger partial charge in [-0.1, -0.05) is 30.3 Å². The second-order valence-corrected chi connectivity index (χ2v) is 6.39. The molecule has 0 atom stereocenters. The van der Waals surface area contributed by atoms with E-state index in [1.807, 2.05) is 30.3 Å². The van der Waals surface area contributed by atoms with E-state index >= 15 is 0 Å².